The van der Waals surface area contributed by atoms with Crippen molar-refractivity contribution >= 4 is 50.7 Å². The lowest BCUT2D eigenvalue weighted by atomic mass is 10.1. The molecule has 0 aliphatic heterocycles. The summed E-state index contributed by atoms with van der Waals surface area (Å²) in [7, 11) is -1.34. The summed E-state index contributed by atoms with van der Waals surface area (Å²) in [6.45, 7) is 4.77. The van der Waals surface area contributed by atoms with Gasteiger partial charge in [0.05, 0.1) is 34.8 Å². The van der Waals surface area contributed by atoms with Crippen molar-refractivity contribution in [2.75, 3.05) is 25.1 Å². The van der Waals surface area contributed by atoms with Crippen molar-refractivity contribution in [3.8, 4) is 11.5 Å². The van der Waals surface area contributed by atoms with Gasteiger partial charge in [0.15, 0.2) is 11.5 Å². The molecule has 0 bridgehead atoms. The number of nitrogens with one attached hydrogen (secondary N) is 1. The lowest BCUT2D eigenvalue weighted by Gasteiger charge is -2.32. The predicted molar refractivity (Wildman–Crippen MR) is 165 cm³/mol. The standard InChI is InChI=1S/C30H35Cl2N3O6S/c1-6-20(2)33-30(37)21(3)34(18-22-12-14-25(31)26(32)16-22)29(36)19-35(42(38,39)24-10-8-7-9-11-24)23-13-15-27(40-4)28(17-23)41-5/h7-17,20-21H,6,18-19H2,1-5H3,(H,33,37). The molecular formula is C30H35Cl2N3O6S. The fraction of sp³-hybridized carbons (Fsp3) is 0.333. The van der Waals surface area contributed by atoms with Crippen LogP contribution in [0.25, 0.3) is 0 Å². The van der Waals surface area contributed by atoms with E-state index in [1.807, 2.05) is 13.8 Å². The van der Waals surface area contributed by atoms with Gasteiger partial charge in [-0.2, -0.15) is 0 Å². The molecule has 0 aromatic heterocycles. The Bertz CT molecular complexity index is 1500. The van der Waals surface area contributed by atoms with Gasteiger partial charge in [-0.05, 0) is 62.2 Å². The lowest BCUT2D eigenvalue weighted by molar-refractivity contribution is -0.139. The number of amides is 2. The first-order valence-corrected chi connectivity index (χ1v) is 15.5. The van der Waals surface area contributed by atoms with Gasteiger partial charge in [0.25, 0.3) is 10.0 Å². The molecule has 0 spiro atoms. The van der Waals surface area contributed by atoms with Crippen LogP contribution in [0, 0.1) is 0 Å². The van der Waals surface area contributed by atoms with Gasteiger partial charge < -0.3 is 19.7 Å². The summed E-state index contributed by atoms with van der Waals surface area (Å²) in [4.78, 5) is 28.6. The van der Waals surface area contributed by atoms with Gasteiger partial charge in [0.2, 0.25) is 11.8 Å². The van der Waals surface area contributed by atoms with Crippen LogP contribution in [-0.4, -0.2) is 58.0 Å². The Morgan fingerprint density at radius 3 is 2.17 bits per heavy atom. The number of halogens is 2. The van der Waals surface area contributed by atoms with Gasteiger partial charge >= 0.3 is 0 Å². The number of benzene rings is 3. The third kappa shape index (κ3) is 7.87. The number of hydrogen-bond donors (Lipinski definition) is 1. The highest BCUT2D eigenvalue weighted by atomic mass is 35.5. The minimum absolute atomic E-state index is 0.00817. The monoisotopic (exact) mass is 635 g/mol. The highest BCUT2D eigenvalue weighted by molar-refractivity contribution is 7.92. The van der Waals surface area contributed by atoms with Gasteiger partial charge in [-0.25, -0.2) is 8.42 Å². The Labute approximate surface area is 257 Å². The number of rotatable bonds is 13. The van der Waals surface area contributed by atoms with Gasteiger partial charge in [0, 0.05) is 18.7 Å². The van der Waals surface area contributed by atoms with Crippen molar-refractivity contribution in [2.45, 2.75) is 50.7 Å². The van der Waals surface area contributed by atoms with Crippen LogP contribution < -0.4 is 19.1 Å². The second-order valence-electron chi connectivity index (χ2n) is 9.63. The van der Waals surface area contributed by atoms with Gasteiger partial charge in [-0.3, -0.25) is 13.9 Å². The second-order valence-corrected chi connectivity index (χ2v) is 12.3. The average molecular weight is 637 g/mol. The van der Waals surface area contributed by atoms with Crippen LogP contribution in [0.2, 0.25) is 10.0 Å². The van der Waals surface area contributed by atoms with Gasteiger partial charge in [-0.15, -0.1) is 0 Å². The Hall–Kier alpha value is -3.47. The van der Waals surface area contributed by atoms with Crippen LogP contribution >= 0.6 is 23.2 Å². The third-order valence-electron chi connectivity index (χ3n) is 6.77. The number of sulfonamides is 1. The van der Waals surface area contributed by atoms with Gasteiger partial charge in [0.1, 0.15) is 12.6 Å². The van der Waals surface area contributed by atoms with E-state index in [4.69, 9.17) is 32.7 Å². The van der Waals surface area contributed by atoms with Crippen molar-refractivity contribution in [1.82, 2.24) is 10.2 Å². The van der Waals surface area contributed by atoms with E-state index in [1.54, 1.807) is 49.4 Å². The summed E-state index contributed by atoms with van der Waals surface area (Å²) < 4.78 is 39.6. The number of nitrogens with zero attached hydrogens (tertiary/aromatic N) is 2. The molecule has 12 heteroatoms. The molecule has 1 N–H and O–H groups in total. The molecule has 3 rings (SSSR count). The van der Waals surface area contributed by atoms with E-state index in [0.717, 1.165) is 4.31 Å². The summed E-state index contributed by atoms with van der Waals surface area (Å²) in [5, 5.41) is 3.53. The van der Waals surface area contributed by atoms with Crippen molar-refractivity contribution in [2.24, 2.45) is 0 Å². The topological polar surface area (TPSA) is 105 Å². The molecule has 226 valence electrons. The molecule has 2 amide bonds. The average Bonchev–Trinajstić information content (AvgIpc) is 2.99. The predicted octanol–water partition coefficient (Wildman–Crippen LogP) is 5.54. The molecule has 0 saturated carbocycles. The Balaban J connectivity index is 2.08. The first kappa shape index (κ1) is 33.0. The highest BCUT2D eigenvalue weighted by Crippen LogP contribution is 2.34. The maximum atomic E-state index is 14.1. The fourth-order valence-corrected chi connectivity index (χ4v) is 5.86. The van der Waals surface area contributed by atoms with Crippen LogP contribution in [0.4, 0.5) is 5.69 Å². The number of ether oxygens (including phenoxy) is 2. The molecule has 0 saturated heterocycles. The lowest BCUT2D eigenvalue weighted by Crippen LogP contribution is -2.52. The molecule has 9 nitrogen and oxygen atoms in total. The minimum atomic E-state index is -4.23. The third-order valence-corrected chi connectivity index (χ3v) is 9.30. The number of carbonyl (C=O) groups is 2. The number of anilines is 1. The number of methoxy groups -OCH3 is 2. The Kier molecular flexibility index (Phi) is 11.5. The second kappa shape index (κ2) is 14.6. The van der Waals surface area contributed by atoms with E-state index < -0.39 is 28.5 Å². The Morgan fingerprint density at radius 2 is 1.57 bits per heavy atom. The molecule has 0 heterocycles. The van der Waals surface area contributed by atoms with E-state index in [2.05, 4.69) is 5.32 Å². The van der Waals surface area contributed by atoms with E-state index in [1.165, 1.54) is 43.4 Å². The molecule has 0 aliphatic rings. The molecular weight excluding hydrogens is 601 g/mol. The molecule has 42 heavy (non-hydrogen) atoms. The van der Waals surface area contributed by atoms with Crippen LogP contribution in [0.5, 0.6) is 11.5 Å². The van der Waals surface area contributed by atoms with Gasteiger partial charge in [-0.1, -0.05) is 54.4 Å². The van der Waals surface area contributed by atoms with Crippen LogP contribution in [0.3, 0.4) is 0 Å². The zero-order valence-corrected chi connectivity index (χ0v) is 26.5. The first-order valence-electron chi connectivity index (χ1n) is 13.3. The van der Waals surface area contributed by atoms with Crippen molar-refractivity contribution in [1.29, 1.82) is 0 Å². The summed E-state index contributed by atoms with van der Waals surface area (Å²) in [6.07, 6.45) is 0.696. The van der Waals surface area contributed by atoms with E-state index in [0.29, 0.717) is 22.8 Å². The molecule has 0 fully saturated rings. The number of carbonyl (C=O) groups excluding carboxylic acids is 2. The van der Waals surface area contributed by atoms with Crippen LogP contribution in [0.15, 0.2) is 71.6 Å². The summed E-state index contributed by atoms with van der Waals surface area (Å²) in [5.41, 5.74) is 0.792. The van der Waals surface area contributed by atoms with E-state index in [-0.39, 0.29) is 39.8 Å². The highest BCUT2D eigenvalue weighted by Gasteiger charge is 2.33. The van der Waals surface area contributed by atoms with Crippen molar-refractivity contribution in [3.63, 3.8) is 0 Å². The number of hydrogen-bond acceptors (Lipinski definition) is 6. The van der Waals surface area contributed by atoms with E-state index >= 15 is 0 Å². The van der Waals surface area contributed by atoms with Crippen LogP contribution in [-0.2, 0) is 26.2 Å². The quantitative estimate of drug-likeness (QED) is 0.264. The smallest absolute Gasteiger partial charge is 0.264 e. The summed E-state index contributed by atoms with van der Waals surface area (Å²) >= 11 is 12.3. The van der Waals surface area contributed by atoms with Crippen molar-refractivity contribution < 1.29 is 27.5 Å². The van der Waals surface area contributed by atoms with E-state index in [9.17, 15) is 18.0 Å². The molecule has 2 atom stereocenters. The Morgan fingerprint density at radius 1 is 0.905 bits per heavy atom. The maximum Gasteiger partial charge on any atom is 0.264 e. The molecule has 3 aromatic rings. The largest absolute Gasteiger partial charge is 0.493 e. The first-order chi connectivity index (χ1) is 19.9. The summed E-state index contributed by atoms with van der Waals surface area (Å²) in [5.74, 6) is -0.311. The normalized spacial score (nSPS) is 12.6. The SMILES string of the molecule is CCC(C)NC(=O)C(C)N(Cc1ccc(Cl)c(Cl)c1)C(=O)CN(c1ccc(OC)c(OC)c1)S(=O)(=O)c1ccccc1. The minimum Gasteiger partial charge on any atom is -0.493 e. The van der Waals surface area contributed by atoms with Crippen molar-refractivity contribution in [3.05, 3.63) is 82.3 Å². The summed E-state index contributed by atoms with van der Waals surface area (Å²) in [6, 6.07) is 16.2. The maximum absolute atomic E-state index is 14.1. The fourth-order valence-electron chi connectivity index (χ4n) is 4.11. The van der Waals surface area contributed by atoms with Crippen LogP contribution in [0.1, 0.15) is 32.8 Å². The molecule has 0 aliphatic carbocycles. The molecule has 2 unspecified atom stereocenters. The zero-order chi connectivity index (χ0) is 31.0. The zero-order valence-electron chi connectivity index (χ0n) is 24.1. The molecule has 0 radical (unpaired) electrons. The molecule has 3 aromatic carbocycles.